The fourth-order valence-corrected chi connectivity index (χ4v) is 1.56. The number of anilines is 1. The van der Waals surface area contributed by atoms with Crippen LogP contribution in [0.15, 0.2) is 18.2 Å². The van der Waals surface area contributed by atoms with E-state index < -0.39 is 11.7 Å². The van der Waals surface area contributed by atoms with E-state index in [9.17, 15) is 4.79 Å². The van der Waals surface area contributed by atoms with E-state index in [1.54, 1.807) is 39.0 Å². The Morgan fingerprint density at radius 1 is 1.37 bits per heavy atom. The largest absolute Gasteiger partial charge is 0.496 e. The summed E-state index contributed by atoms with van der Waals surface area (Å²) in [7, 11) is 1.53. The molecule has 0 unspecified atom stereocenters. The van der Waals surface area contributed by atoms with Gasteiger partial charge in [0.25, 0.3) is 0 Å². The molecular formula is C13H18N2O3S. The van der Waals surface area contributed by atoms with Gasteiger partial charge >= 0.3 is 6.09 Å². The van der Waals surface area contributed by atoms with Crippen molar-refractivity contribution in [3.8, 4) is 5.75 Å². The Kier molecular flexibility index (Phi) is 4.72. The maximum absolute atomic E-state index is 11.6. The van der Waals surface area contributed by atoms with Crippen molar-refractivity contribution < 1.29 is 14.3 Å². The van der Waals surface area contributed by atoms with Gasteiger partial charge in [0.1, 0.15) is 16.3 Å². The molecule has 1 amide bonds. The lowest BCUT2D eigenvalue weighted by molar-refractivity contribution is 0.0636. The molecule has 0 saturated heterocycles. The van der Waals surface area contributed by atoms with Crippen LogP contribution < -0.4 is 15.8 Å². The Bertz CT molecular complexity index is 495. The molecule has 0 aromatic heterocycles. The molecule has 6 heteroatoms. The molecule has 19 heavy (non-hydrogen) atoms. The second-order valence-electron chi connectivity index (χ2n) is 4.91. The van der Waals surface area contributed by atoms with Crippen LogP contribution in [0.25, 0.3) is 0 Å². The van der Waals surface area contributed by atoms with Gasteiger partial charge in [-0.15, -0.1) is 0 Å². The molecule has 0 saturated carbocycles. The zero-order valence-electron chi connectivity index (χ0n) is 11.4. The van der Waals surface area contributed by atoms with E-state index in [-0.39, 0.29) is 4.99 Å². The van der Waals surface area contributed by atoms with E-state index in [2.05, 4.69) is 5.32 Å². The molecule has 0 aliphatic heterocycles. The van der Waals surface area contributed by atoms with Crippen LogP contribution in [-0.2, 0) is 4.74 Å². The Hall–Kier alpha value is -1.82. The fraction of sp³-hybridized carbons (Fsp3) is 0.385. The average molecular weight is 282 g/mol. The summed E-state index contributed by atoms with van der Waals surface area (Å²) < 4.78 is 10.3. The first-order valence-electron chi connectivity index (χ1n) is 5.71. The lowest BCUT2D eigenvalue weighted by Gasteiger charge is -2.20. The molecule has 0 heterocycles. The van der Waals surface area contributed by atoms with E-state index in [1.807, 2.05) is 0 Å². The minimum atomic E-state index is -0.553. The number of rotatable bonds is 3. The molecule has 0 radical (unpaired) electrons. The van der Waals surface area contributed by atoms with Crippen molar-refractivity contribution in [2.24, 2.45) is 5.73 Å². The maximum Gasteiger partial charge on any atom is 0.412 e. The van der Waals surface area contributed by atoms with Crippen LogP contribution in [-0.4, -0.2) is 23.8 Å². The van der Waals surface area contributed by atoms with E-state index in [0.29, 0.717) is 17.0 Å². The van der Waals surface area contributed by atoms with E-state index in [4.69, 9.17) is 27.4 Å². The Balaban J connectivity index is 2.88. The van der Waals surface area contributed by atoms with Crippen LogP contribution >= 0.6 is 12.2 Å². The molecule has 104 valence electrons. The van der Waals surface area contributed by atoms with Crippen molar-refractivity contribution in [3.05, 3.63) is 23.8 Å². The third-order valence-corrected chi connectivity index (χ3v) is 2.33. The first-order valence-corrected chi connectivity index (χ1v) is 6.11. The van der Waals surface area contributed by atoms with Crippen molar-refractivity contribution in [1.29, 1.82) is 0 Å². The van der Waals surface area contributed by atoms with Crippen LogP contribution in [0.1, 0.15) is 26.3 Å². The second kappa shape index (κ2) is 5.88. The van der Waals surface area contributed by atoms with Crippen molar-refractivity contribution in [1.82, 2.24) is 0 Å². The van der Waals surface area contributed by atoms with E-state index >= 15 is 0 Å². The summed E-state index contributed by atoms with van der Waals surface area (Å²) in [6, 6.07) is 5.01. The summed E-state index contributed by atoms with van der Waals surface area (Å²) in [6.45, 7) is 5.38. The van der Waals surface area contributed by atoms with Crippen LogP contribution in [0.4, 0.5) is 10.5 Å². The SMILES string of the molecule is COc1ccc(NC(=O)OC(C)(C)C)cc1C(N)=S. The monoisotopic (exact) mass is 282 g/mol. The predicted molar refractivity (Wildman–Crippen MR) is 78.7 cm³/mol. The fourth-order valence-electron chi connectivity index (χ4n) is 1.40. The van der Waals surface area contributed by atoms with Gasteiger partial charge in [-0.3, -0.25) is 5.32 Å². The van der Waals surface area contributed by atoms with Gasteiger partial charge in [-0.25, -0.2) is 4.79 Å². The number of ether oxygens (including phenoxy) is 2. The Labute approximate surface area is 118 Å². The molecule has 0 aliphatic carbocycles. The average Bonchev–Trinajstić information content (AvgIpc) is 2.26. The van der Waals surface area contributed by atoms with Crippen molar-refractivity contribution in [2.45, 2.75) is 26.4 Å². The van der Waals surface area contributed by atoms with Gasteiger partial charge < -0.3 is 15.2 Å². The highest BCUT2D eigenvalue weighted by molar-refractivity contribution is 7.80. The third kappa shape index (κ3) is 4.75. The van der Waals surface area contributed by atoms with Gasteiger partial charge in [0, 0.05) is 5.69 Å². The van der Waals surface area contributed by atoms with Crippen LogP contribution in [0.5, 0.6) is 5.75 Å². The molecule has 0 fully saturated rings. The zero-order valence-corrected chi connectivity index (χ0v) is 12.3. The summed E-state index contributed by atoms with van der Waals surface area (Å²) in [6.07, 6.45) is -0.536. The molecular weight excluding hydrogens is 264 g/mol. The van der Waals surface area contributed by atoms with Crippen LogP contribution in [0.3, 0.4) is 0 Å². The zero-order chi connectivity index (χ0) is 14.6. The van der Waals surface area contributed by atoms with Gasteiger partial charge in [-0.2, -0.15) is 0 Å². The smallest absolute Gasteiger partial charge is 0.412 e. The highest BCUT2D eigenvalue weighted by atomic mass is 32.1. The summed E-state index contributed by atoms with van der Waals surface area (Å²) in [5, 5.41) is 2.61. The number of benzene rings is 1. The lowest BCUT2D eigenvalue weighted by atomic mass is 10.1. The van der Waals surface area contributed by atoms with Crippen LogP contribution in [0.2, 0.25) is 0 Å². The molecule has 0 spiro atoms. The van der Waals surface area contributed by atoms with Crippen LogP contribution in [0, 0.1) is 0 Å². The summed E-state index contributed by atoms with van der Waals surface area (Å²) in [4.78, 5) is 11.8. The number of amides is 1. The van der Waals surface area contributed by atoms with E-state index in [0.717, 1.165) is 0 Å². The quantitative estimate of drug-likeness (QED) is 0.834. The van der Waals surface area contributed by atoms with Gasteiger partial charge in [0.15, 0.2) is 0 Å². The molecule has 1 aromatic carbocycles. The lowest BCUT2D eigenvalue weighted by Crippen LogP contribution is -2.27. The number of nitrogens with two attached hydrogens (primary N) is 1. The van der Waals surface area contributed by atoms with Gasteiger partial charge in [0.05, 0.1) is 12.7 Å². The molecule has 0 bridgehead atoms. The molecule has 1 aromatic rings. The number of nitrogens with one attached hydrogen (secondary N) is 1. The number of methoxy groups -OCH3 is 1. The predicted octanol–water partition coefficient (Wildman–Crippen LogP) is 2.68. The highest BCUT2D eigenvalue weighted by Crippen LogP contribution is 2.23. The first kappa shape index (κ1) is 15.2. The molecule has 3 N–H and O–H groups in total. The van der Waals surface area contributed by atoms with Gasteiger partial charge in [-0.05, 0) is 39.0 Å². The minimum Gasteiger partial charge on any atom is -0.496 e. The molecule has 0 atom stereocenters. The standard InChI is InChI=1S/C13H18N2O3S/c1-13(2,3)18-12(16)15-8-5-6-10(17-4)9(7-8)11(14)19/h5-7H,1-4H3,(H2,14,19)(H,15,16). The minimum absolute atomic E-state index is 0.199. The van der Waals surface area contributed by atoms with Gasteiger partial charge in [0.2, 0.25) is 0 Å². The highest BCUT2D eigenvalue weighted by Gasteiger charge is 2.16. The Morgan fingerprint density at radius 2 is 2.00 bits per heavy atom. The summed E-state index contributed by atoms with van der Waals surface area (Å²) >= 11 is 4.93. The molecule has 1 rings (SSSR count). The normalized spacial score (nSPS) is 10.7. The first-order chi connectivity index (χ1) is 8.73. The van der Waals surface area contributed by atoms with Crippen molar-refractivity contribution in [3.63, 3.8) is 0 Å². The maximum atomic E-state index is 11.6. The van der Waals surface area contributed by atoms with Crippen molar-refractivity contribution >= 4 is 29.0 Å². The molecule has 5 nitrogen and oxygen atoms in total. The number of thiocarbonyl (C=S) groups is 1. The third-order valence-electron chi connectivity index (χ3n) is 2.11. The van der Waals surface area contributed by atoms with Gasteiger partial charge in [-0.1, -0.05) is 12.2 Å². The number of carbonyl (C=O) groups is 1. The van der Waals surface area contributed by atoms with E-state index in [1.165, 1.54) is 7.11 Å². The number of hydrogen-bond donors (Lipinski definition) is 2. The second-order valence-corrected chi connectivity index (χ2v) is 5.35. The topological polar surface area (TPSA) is 73.6 Å². The Morgan fingerprint density at radius 3 is 2.47 bits per heavy atom. The number of carbonyl (C=O) groups excluding carboxylic acids is 1. The number of hydrogen-bond acceptors (Lipinski definition) is 4. The molecule has 0 aliphatic rings. The summed E-state index contributed by atoms with van der Waals surface area (Å²) in [5.74, 6) is 0.558. The van der Waals surface area contributed by atoms with Crippen molar-refractivity contribution in [2.75, 3.05) is 12.4 Å². The summed E-state index contributed by atoms with van der Waals surface area (Å²) in [5.41, 5.74) is 6.15.